The molecular formula is C14H19N5O2. The van der Waals surface area contributed by atoms with Crippen LogP contribution < -0.4 is 5.32 Å². The first-order chi connectivity index (χ1) is 10.3. The van der Waals surface area contributed by atoms with Gasteiger partial charge in [0, 0.05) is 31.8 Å². The predicted molar refractivity (Wildman–Crippen MR) is 78.2 cm³/mol. The van der Waals surface area contributed by atoms with Crippen molar-refractivity contribution in [2.45, 2.75) is 13.3 Å². The Hall–Kier alpha value is -2.15. The molecule has 1 aliphatic rings. The van der Waals surface area contributed by atoms with E-state index >= 15 is 0 Å². The Bertz CT molecular complexity index is 627. The number of pyridine rings is 1. The standard InChI is InChI=1S/C14H19N5O2/c1-2-21-10-11-6-8-18(9-11)14(20)15-13-17-16-12-5-3-4-7-19(12)13/h3-5,7,11H,2,6,8-10H2,1H3,(H,15,17,20)/t11-/m0/s1. The van der Waals surface area contributed by atoms with Crippen molar-refractivity contribution in [2.24, 2.45) is 5.92 Å². The molecule has 3 heterocycles. The summed E-state index contributed by atoms with van der Waals surface area (Å²) < 4.78 is 7.18. The van der Waals surface area contributed by atoms with Crippen molar-refractivity contribution in [3.63, 3.8) is 0 Å². The first-order valence-electron chi connectivity index (χ1n) is 7.21. The van der Waals surface area contributed by atoms with Crippen molar-refractivity contribution >= 4 is 17.6 Å². The van der Waals surface area contributed by atoms with Crippen molar-refractivity contribution in [1.82, 2.24) is 19.5 Å². The van der Waals surface area contributed by atoms with Gasteiger partial charge in [0.15, 0.2) is 5.65 Å². The molecule has 2 aromatic rings. The molecular weight excluding hydrogens is 270 g/mol. The lowest BCUT2D eigenvalue weighted by molar-refractivity contribution is 0.113. The number of nitrogens with zero attached hydrogens (tertiary/aromatic N) is 4. The summed E-state index contributed by atoms with van der Waals surface area (Å²) in [5, 5.41) is 10.8. The molecule has 1 atom stereocenters. The lowest BCUT2D eigenvalue weighted by Crippen LogP contribution is -2.34. The maximum atomic E-state index is 12.3. The van der Waals surface area contributed by atoms with E-state index in [1.807, 2.05) is 31.3 Å². The van der Waals surface area contributed by atoms with Crippen molar-refractivity contribution in [3.8, 4) is 0 Å². The lowest BCUT2D eigenvalue weighted by Gasteiger charge is -2.16. The predicted octanol–water partition coefficient (Wildman–Crippen LogP) is 1.62. The highest BCUT2D eigenvalue weighted by Crippen LogP contribution is 2.18. The second-order valence-corrected chi connectivity index (χ2v) is 5.14. The van der Waals surface area contributed by atoms with Crippen LogP contribution in [0, 0.1) is 5.92 Å². The Morgan fingerprint density at radius 1 is 1.48 bits per heavy atom. The summed E-state index contributed by atoms with van der Waals surface area (Å²) in [5.41, 5.74) is 0.712. The zero-order chi connectivity index (χ0) is 14.7. The third-order valence-electron chi connectivity index (χ3n) is 3.66. The summed E-state index contributed by atoms with van der Waals surface area (Å²) in [7, 11) is 0. The van der Waals surface area contributed by atoms with Crippen LogP contribution in [0.15, 0.2) is 24.4 Å². The highest BCUT2D eigenvalue weighted by atomic mass is 16.5. The van der Waals surface area contributed by atoms with E-state index in [2.05, 4.69) is 15.5 Å². The minimum absolute atomic E-state index is 0.132. The average molecular weight is 289 g/mol. The van der Waals surface area contributed by atoms with Crippen LogP contribution in [0.5, 0.6) is 0 Å². The number of hydrogen-bond acceptors (Lipinski definition) is 4. The van der Waals surface area contributed by atoms with Gasteiger partial charge >= 0.3 is 6.03 Å². The normalized spacial score (nSPS) is 18.3. The number of carbonyl (C=O) groups excluding carboxylic acids is 1. The fraction of sp³-hybridized carbons (Fsp3) is 0.500. The Morgan fingerprint density at radius 3 is 3.24 bits per heavy atom. The molecule has 0 unspecified atom stereocenters. The molecule has 2 amide bonds. The van der Waals surface area contributed by atoms with Gasteiger partial charge in [-0.1, -0.05) is 6.07 Å². The fourth-order valence-electron chi connectivity index (χ4n) is 2.54. The maximum absolute atomic E-state index is 12.3. The summed E-state index contributed by atoms with van der Waals surface area (Å²) in [6.07, 6.45) is 2.81. The third-order valence-corrected chi connectivity index (χ3v) is 3.66. The van der Waals surface area contributed by atoms with Crippen LogP contribution in [0.1, 0.15) is 13.3 Å². The topological polar surface area (TPSA) is 71.8 Å². The molecule has 1 fully saturated rings. The number of hydrogen-bond donors (Lipinski definition) is 1. The molecule has 1 saturated heterocycles. The summed E-state index contributed by atoms with van der Waals surface area (Å²) in [4.78, 5) is 14.1. The zero-order valence-corrected chi connectivity index (χ0v) is 12.0. The fourth-order valence-corrected chi connectivity index (χ4v) is 2.54. The van der Waals surface area contributed by atoms with Gasteiger partial charge in [0.1, 0.15) is 0 Å². The Labute approximate surface area is 122 Å². The number of rotatable bonds is 4. The molecule has 0 bridgehead atoms. The second kappa shape index (κ2) is 6.09. The Balaban J connectivity index is 1.62. The molecule has 7 nitrogen and oxygen atoms in total. The van der Waals surface area contributed by atoms with Crippen LogP contribution in [0.3, 0.4) is 0 Å². The Morgan fingerprint density at radius 2 is 2.38 bits per heavy atom. The number of nitrogens with one attached hydrogen (secondary N) is 1. The maximum Gasteiger partial charge on any atom is 0.324 e. The van der Waals surface area contributed by atoms with Crippen molar-refractivity contribution in [3.05, 3.63) is 24.4 Å². The molecule has 1 N–H and O–H groups in total. The summed E-state index contributed by atoms with van der Waals surface area (Å²) in [5.74, 6) is 0.870. The Kier molecular flexibility index (Phi) is 4.01. The van der Waals surface area contributed by atoms with E-state index in [1.54, 1.807) is 9.30 Å². The molecule has 1 aliphatic heterocycles. The van der Waals surface area contributed by atoms with Crippen molar-refractivity contribution < 1.29 is 9.53 Å². The van der Waals surface area contributed by atoms with Crippen LogP contribution >= 0.6 is 0 Å². The molecule has 112 valence electrons. The van der Waals surface area contributed by atoms with Gasteiger partial charge in [-0.05, 0) is 25.5 Å². The van der Waals surface area contributed by atoms with Gasteiger partial charge in [0.05, 0.1) is 6.61 Å². The van der Waals surface area contributed by atoms with Crippen molar-refractivity contribution in [2.75, 3.05) is 31.6 Å². The number of anilines is 1. The van der Waals surface area contributed by atoms with E-state index in [1.165, 1.54) is 0 Å². The molecule has 0 saturated carbocycles. The van der Waals surface area contributed by atoms with E-state index in [0.717, 1.165) is 19.5 Å². The van der Waals surface area contributed by atoms with E-state index in [9.17, 15) is 4.79 Å². The summed E-state index contributed by atoms with van der Waals surface area (Å²) >= 11 is 0. The molecule has 0 aliphatic carbocycles. The van der Waals surface area contributed by atoms with Crippen LogP contribution in [0.25, 0.3) is 5.65 Å². The van der Waals surface area contributed by atoms with E-state index in [0.29, 0.717) is 30.7 Å². The van der Waals surface area contributed by atoms with Gasteiger partial charge in [-0.3, -0.25) is 9.72 Å². The first-order valence-corrected chi connectivity index (χ1v) is 7.21. The highest BCUT2D eigenvalue weighted by molar-refractivity contribution is 5.88. The number of likely N-dealkylation sites (tertiary alicyclic amines) is 1. The molecule has 21 heavy (non-hydrogen) atoms. The van der Waals surface area contributed by atoms with Gasteiger partial charge in [-0.2, -0.15) is 0 Å². The van der Waals surface area contributed by atoms with E-state index in [-0.39, 0.29) is 6.03 Å². The number of fused-ring (bicyclic) bond motifs is 1. The number of ether oxygens (including phenoxy) is 1. The summed E-state index contributed by atoms with van der Waals surface area (Å²) in [6.45, 7) is 4.89. The zero-order valence-electron chi connectivity index (χ0n) is 12.0. The van der Waals surface area contributed by atoms with Gasteiger partial charge in [-0.25, -0.2) is 4.79 Å². The van der Waals surface area contributed by atoms with Gasteiger partial charge in [0.25, 0.3) is 0 Å². The largest absolute Gasteiger partial charge is 0.381 e. The van der Waals surface area contributed by atoms with Crippen molar-refractivity contribution in [1.29, 1.82) is 0 Å². The lowest BCUT2D eigenvalue weighted by atomic mass is 10.1. The SMILES string of the molecule is CCOC[C@H]1CCN(C(=O)Nc2nnc3ccccn23)C1. The van der Waals surface area contributed by atoms with Gasteiger partial charge in [-0.15, -0.1) is 10.2 Å². The summed E-state index contributed by atoms with van der Waals surface area (Å²) in [6, 6.07) is 5.47. The quantitative estimate of drug-likeness (QED) is 0.928. The molecule has 0 radical (unpaired) electrons. The number of amides is 2. The molecule has 0 aromatic carbocycles. The third kappa shape index (κ3) is 2.97. The molecule has 3 rings (SSSR count). The second-order valence-electron chi connectivity index (χ2n) is 5.14. The highest BCUT2D eigenvalue weighted by Gasteiger charge is 2.27. The van der Waals surface area contributed by atoms with Crippen LogP contribution in [0.2, 0.25) is 0 Å². The monoisotopic (exact) mass is 289 g/mol. The minimum Gasteiger partial charge on any atom is -0.381 e. The number of carbonyl (C=O) groups is 1. The average Bonchev–Trinajstić information content (AvgIpc) is 3.13. The number of aromatic nitrogens is 3. The number of urea groups is 1. The van der Waals surface area contributed by atoms with Crippen LogP contribution in [-0.2, 0) is 4.74 Å². The van der Waals surface area contributed by atoms with Gasteiger partial charge < -0.3 is 9.64 Å². The van der Waals surface area contributed by atoms with E-state index in [4.69, 9.17) is 4.74 Å². The first kappa shape index (κ1) is 13.8. The van der Waals surface area contributed by atoms with Crippen LogP contribution in [0.4, 0.5) is 10.7 Å². The smallest absolute Gasteiger partial charge is 0.324 e. The van der Waals surface area contributed by atoms with E-state index < -0.39 is 0 Å². The molecule has 2 aromatic heterocycles. The van der Waals surface area contributed by atoms with Crippen LogP contribution in [-0.4, -0.2) is 51.8 Å². The van der Waals surface area contributed by atoms with Gasteiger partial charge in [0.2, 0.25) is 5.95 Å². The minimum atomic E-state index is -0.132. The molecule has 0 spiro atoms. The molecule has 7 heteroatoms.